The number of aliphatic hydroxyl groups is 1. The maximum Gasteiger partial charge on any atom is 0.353 e. The summed E-state index contributed by atoms with van der Waals surface area (Å²) in [6, 6.07) is 0. The van der Waals surface area contributed by atoms with Crippen LogP contribution >= 0.6 is 7.60 Å². The van der Waals surface area contributed by atoms with E-state index < -0.39 is 38.5 Å². The van der Waals surface area contributed by atoms with Gasteiger partial charge in [-0.2, -0.15) is 0 Å². The maximum atomic E-state index is 11.5. The molecule has 0 bridgehead atoms. The smallest absolute Gasteiger partial charge is 0.353 e. The number of hydrogen-bond donors (Lipinski definition) is 3. The van der Waals surface area contributed by atoms with Crippen LogP contribution in [0.5, 0.6) is 0 Å². The highest BCUT2D eigenvalue weighted by molar-refractivity contribution is 7.52. The number of anilines is 1. The number of nitrogens with zero attached hydrogens (tertiary/aromatic N) is 4. The minimum Gasteiger partial charge on any atom is -0.386 e. The number of hydrogen-bond acceptors (Lipinski definition) is 9. The first-order valence-corrected chi connectivity index (χ1v) is 8.57. The van der Waals surface area contributed by atoms with E-state index in [1.54, 1.807) is 0 Å². The van der Waals surface area contributed by atoms with E-state index in [9.17, 15) is 14.6 Å². The molecule has 0 aromatic carbocycles. The summed E-state index contributed by atoms with van der Waals surface area (Å²) in [6.45, 7) is -0.157. The van der Waals surface area contributed by atoms with Crippen molar-refractivity contribution in [2.45, 2.75) is 24.5 Å². The molecule has 11 nitrogen and oxygen atoms in total. The number of nitrogens with two attached hydrogens (primary N) is 1. The van der Waals surface area contributed by atoms with Crippen LogP contribution in [0.25, 0.3) is 11.2 Å². The van der Waals surface area contributed by atoms with Gasteiger partial charge < -0.3 is 29.7 Å². The lowest BCUT2D eigenvalue weighted by atomic mass is 10.1. The largest absolute Gasteiger partial charge is 0.386 e. The van der Waals surface area contributed by atoms with Crippen molar-refractivity contribution in [1.82, 2.24) is 19.5 Å². The normalized spacial score (nSPS) is 37.7. The summed E-state index contributed by atoms with van der Waals surface area (Å²) in [5.41, 5.74) is 6.54. The molecule has 2 aliphatic heterocycles. The van der Waals surface area contributed by atoms with Gasteiger partial charge in [-0.1, -0.05) is 0 Å². The summed E-state index contributed by atoms with van der Waals surface area (Å²) in [6.07, 6.45) is -1.17. The van der Waals surface area contributed by atoms with E-state index in [4.69, 9.17) is 19.7 Å². The molecule has 124 valence electrons. The summed E-state index contributed by atoms with van der Waals surface area (Å²) in [5.74, 6) is 0.219. The van der Waals surface area contributed by atoms with Crippen molar-refractivity contribution in [3.63, 3.8) is 0 Å². The lowest BCUT2D eigenvalue weighted by molar-refractivity contribution is -0.0465. The van der Waals surface area contributed by atoms with Crippen LogP contribution in [-0.4, -0.2) is 60.8 Å². The monoisotopic (exact) mass is 343 g/mol. The van der Waals surface area contributed by atoms with Crippen molar-refractivity contribution in [2.24, 2.45) is 0 Å². The van der Waals surface area contributed by atoms with Gasteiger partial charge >= 0.3 is 7.60 Å². The molecule has 2 aromatic heterocycles. The quantitative estimate of drug-likeness (QED) is 0.562. The molecule has 2 fully saturated rings. The van der Waals surface area contributed by atoms with Crippen LogP contribution in [-0.2, 0) is 18.6 Å². The highest BCUT2D eigenvalue weighted by Crippen LogP contribution is 2.47. The zero-order valence-electron chi connectivity index (χ0n) is 11.7. The molecule has 2 saturated heterocycles. The standard InChI is InChI=1S/C11H14N5O6P/c12-9-6-10(14-2-13-9)16(3-15-6)11-7(17)8-5(22-11)1-21-23(18,19)4-20-8/h2-3,5,7-8,11,17H,1,4H2,(H,18,19)(H2,12,13,14). The fourth-order valence-electron chi connectivity index (χ4n) is 2.75. The van der Waals surface area contributed by atoms with Gasteiger partial charge in [0.15, 0.2) is 17.7 Å². The van der Waals surface area contributed by atoms with E-state index in [0.29, 0.717) is 11.2 Å². The van der Waals surface area contributed by atoms with Gasteiger partial charge in [-0.15, -0.1) is 0 Å². The Bertz CT molecular complexity index is 798. The van der Waals surface area contributed by atoms with Crippen molar-refractivity contribution >= 4 is 24.6 Å². The molecule has 0 spiro atoms. The third-order valence-corrected chi connectivity index (χ3v) is 4.87. The van der Waals surface area contributed by atoms with Crippen molar-refractivity contribution < 1.29 is 28.6 Å². The van der Waals surface area contributed by atoms with Crippen LogP contribution in [0.15, 0.2) is 12.7 Å². The van der Waals surface area contributed by atoms with E-state index in [2.05, 4.69) is 15.0 Å². The molecular formula is C11H14N5O6P. The van der Waals surface area contributed by atoms with Crippen LogP contribution in [0, 0.1) is 0 Å². The van der Waals surface area contributed by atoms with Crippen LogP contribution in [0.2, 0.25) is 0 Å². The van der Waals surface area contributed by atoms with E-state index in [1.807, 2.05) is 0 Å². The molecule has 4 heterocycles. The van der Waals surface area contributed by atoms with Crippen LogP contribution in [0.1, 0.15) is 6.23 Å². The molecule has 5 atom stereocenters. The summed E-state index contributed by atoms with van der Waals surface area (Å²) in [4.78, 5) is 21.5. The number of aromatic nitrogens is 4. The van der Waals surface area contributed by atoms with Crippen molar-refractivity contribution in [2.75, 3.05) is 18.7 Å². The Morgan fingerprint density at radius 1 is 1.39 bits per heavy atom. The fraction of sp³-hybridized carbons (Fsp3) is 0.545. The molecule has 2 aromatic rings. The van der Waals surface area contributed by atoms with Crippen molar-refractivity contribution in [3.8, 4) is 0 Å². The first-order valence-electron chi connectivity index (χ1n) is 6.81. The molecule has 2 aliphatic rings. The Hall–Kier alpha value is -1.62. The van der Waals surface area contributed by atoms with E-state index in [-0.39, 0.29) is 12.4 Å². The van der Waals surface area contributed by atoms with Gasteiger partial charge in [-0.05, 0) is 0 Å². The lowest BCUT2D eigenvalue weighted by Gasteiger charge is -2.19. The number of fused-ring (bicyclic) bond motifs is 2. The van der Waals surface area contributed by atoms with E-state index >= 15 is 0 Å². The molecule has 0 aliphatic carbocycles. The summed E-state index contributed by atoms with van der Waals surface area (Å²) >= 11 is 0. The molecule has 4 rings (SSSR count). The third-order valence-electron chi connectivity index (χ3n) is 3.84. The number of imidazole rings is 1. The Kier molecular flexibility index (Phi) is 3.38. The minimum absolute atomic E-state index is 0.157. The zero-order valence-corrected chi connectivity index (χ0v) is 12.6. The maximum absolute atomic E-state index is 11.5. The molecule has 23 heavy (non-hydrogen) atoms. The second-order valence-corrected chi connectivity index (χ2v) is 7.12. The van der Waals surface area contributed by atoms with E-state index in [0.717, 1.165) is 0 Å². The molecule has 5 unspecified atom stereocenters. The lowest BCUT2D eigenvalue weighted by Crippen LogP contribution is -2.34. The average Bonchev–Trinajstić information content (AvgIpc) is 3.01. The van der Waals surface area contributed by atoms with Gasteiger partial charge in [0, 0.05) is 0 Å². The second-order valence-electron chi connectivity index (χ2n) is 5.33. The summed E-state index contributed by atoms with van der Waals surface area (Å²) in [5, 5.41) is 10.5. The predicted octanol–water partition coefficient (Wildman–Crippen LogP) is -0.775. The van der Waals surface area contributed by atoms with Crippen LogP contribution < -0.4 is 5.73 Å². The molecule has 0 radical (unpaired) electrons. The Balaban J connectivity index is 1.66. The topological polar surface area (TPSA) is 155 Å². The van der Waals surface area contributed by atoms with E-state index in [1.165, 1.54) is 17.2 Å². The number of aliphatic hydroxyl groups excluding tert-OH is 1. The molecule has 4 N–H and O–H groups in total. The summed E-state index contributed by atoms with van der Waals surface area (Å²) in [7, 11) is -3.81. The molecule has 0 saturated carbocycles. The Morgan fingerprint density at radius 2 is 2.22 bits per heavy atom. The van der Waals surface area contributed by atoms with Crippen molar-refractivity contribution in [3.05, 3.63) is 12.7 Å². The molecule has 0 amide bonds. The Morgan fingerprint density at radius 3 is 3.04 bits per heavy atom. The van der Waals surface area contributed by atoms with Gasteiger partial charge in [0.05, 0.1) is 12.9 Å². The van der Waals surface area contributed by atoms with Crippen molar-refractivity contribution in [1.29, 1.82) is 0 Å². The number of ether oxygens (including phenoxy) is 2. The van der Waals surface area contributed by atoms with Crippen LogP contribution in [0.3, 0.4) is 0 Å². The predicted molar refractivity (Wildman–Crippen MR) is 75.2 cm³/mol. The van der Waals surface area contributed by atoms with Gasteiger partial charge in [-0.25, -0.2) is 15.0 Å². The number of rotatable bonds is 1. The molecular weight excluding hydrogens is 329 g/mol. The molecule has 12 heteroatoms. The van der Waals surface area contributed by atoms with Gasteiger partial charge in [0.1, 0.15) is 36.5 Å². The minimum atomic E-state index is -3.81. The highest BCUT2D eigenvalue weighted by Gasteiger charge is 2.49. The second kappa shape index (κ2) is 5.20. The van der Waals surface area contributed by atoms with Gasteiger partial charge in [-0.3, -0.25) is 9.13 Å². The highest BCUT2D eigenvalue weighted by atomic mass is 31.2. The Labute approximate surface area is 129 Å². The van der Waals surface area contributed by atoms with Gasteiger partial charge in [0.2, 0.25) is 0 Å². The first kappa shape index (κ1) is 14.9. The number of nitrogen functional groups attached to an aromatic ring is 1. The average molecular weight is 343 g/mol. The fourth-order valence-corrected chi connectivity index (χ4v) is 3.57. The summed E-state index contributed by atoms with van der Waals surface area (Å²) < 4.78 is 29.0. The van der Waals surface area contributed by atoms with Gasteiger partial charge in [0.25, 0.3) is 0 Å². The van der Waals surface area contributed by atoms with Crippen LogP contribution in [0.4, 0.5) is 5.82 Å². The third kappa shape index (κ3) is 2.42. The zero-order chi connectivity index (χ0) is 16.2. The SMILES string of the molecule is Nc1ncnc2c1ncn2C1OC2COP(=O)(O)COC2C1O. The first-order chi connectivity index (χ1) is 11.0.